The third kappa shape index (κ3) is 1.93. The van der Waals surface area contributed by atoms with Crippen LogP contribution in [0, 0.1) is 11.8 Å². The van der Waals surface area contributed by atoms with Gasteiger partial charge in [-0.3, -0.25) is 4.79 Å². The van der Waals surface area contributed by atoms with Crippen LogP contribution in [0.1, 0.15) is 19.4 Å². The third-order valence-corrected chi connectivity index (χ3v) is 3.42. The van der Waals surface area contributed by atoms with Crippen LogP contribution in [0.4, 0.5) is 0 Å². The zero-order chi connectivity index (χ0) is 11.0. The van der Waals surface area contributed by atoms with E-state index in [4.69, 9.17) is 4.74 Å². The van der Waals surface area contributed by atoms with Gasteiger partial charge < -0.3 is 4.74 Å². The molecule has 80 valence electrons. The van der Waals surface area contributed by atoms with Gasteiger partial charge in [0.25, 0.3) is 0 Å². The van der Waals surface area contributed by atoms with Crippen LogP contribution in [-0.2, 0) is 11.2 Å². The average molecular weight is 269 g/mol. The van der Waals surface area contributed by atoms with Crippen molar-refractivity contribution >= 4 is 21.9 Å². The summed E-state index contributed by atoms with van der Waals surface area (Å²) in [6.07, 6.45) is 0.783. The van der Waals surface area contributed by atoms with E-state index in [9.17, 15) is 4.79 Å². The summed E-state index contributed by atoms with van der Waals surface area (Å²) in [6.45, 7) is 4.10. The Morgan fingerprint density at radius 2 is 2.20 bits per heavy atom. The number of halogens is 1. The van der Waals surface area contributed by atoms with Gasteiger partial charge in [0.2, 0.25) is 0 Å². The monoisotopic (exact) mass is 268 g/mol. The van der Waals surface area contributed by atoms with Gasteiger partial charge in [-0.25, -0.2) is 0 Å². The van der Waals surface area contributed by atoms with Crippen molar-refractivity contribution in [1.29, 1.82) is 0 Å². The summed E-state index contributed by atoms with van der Waals surface area (Å²) >= 11 is 3.39. The number of rotatable bonds is 1. The van der Waals surface area contributed by atoms with Crippen LogP contribution in [0.15, 0.2) is 22.7 Å². The highest BCUT2D eigenvalue weighted by Gasteiger charge is 2.31. The highest BCUT2D eigenvalue weighted by Crippen LogP contribution is 2.36. The van der Waals surface area contributed by atoms with Gasteiger partial charge in [0.05, 0.1) is 10.4 Å². The largest absolute Gasteiger partial charge is 0.425 e. The van der Waals surface area contributed by atoms with Crippen LogP contribution in [0.25, 0.3) is 0 Å². The molecule has 1 aliphatic rings. The van der Waals surface area contributed by atoms with Crippen molar-refractivity contribution in [3.05, 3.63) is 28.2 Å². The lowest BCUT2D eigenvalue weighted by Gasteiger charge is -2.26. The van der Waals surface area contributed by atoms with Gasteiger partial charge in [-0.1, -0.05) is 26.0 Å². The van der Waals surface area contributed by atoms with E-state index in [1.807, 2.05) is 18.2 Å². The van der Waals surface area contributed by atoms with Crippen LogP contribution in [0.2, 0.25) is 0 Å². The summed E-state index contributed by atoms with van der Waals surface area (Å²) in [6, 6.07) is 5.88. The molecule has 0 radical (unpaired) electrons. The first kappa shape index (κ1) is 10.7. The Balaban J connectivity index is 2.38. The smallest absolute Gasteiger partial charge is 0.314 e. The van der Waals surface area contributed by atoms with E-state index in [1.165, 1.54) is 0 Å². The molecule has 0 bridgehead atoms. The summed E-state index contributed by atoms with van der Waals surface area (Å²) < 4.78 is 6.21. The van der Waals surface area contributed by atoms with E-state index < -0.39 is 0 Å². The molecular weight excluding hydrogens is 256 g/mol. The van der Waals surface area contributed by atoms with Gasteiger partial charge in [0, 0.05) is 0 Å². The first-order valence-electron chi connectivity index (χ1n) is 5.08. The fourth-order valence-corrected chi connectivity index (χ4v) is 2.32. The molecule has 0 N–H and O–H groups in total. The number of esters is 1. The minimum atomic E-state index is -0.107. The van der Waals surface area contributed by atoms with E-state index in [-0.39, 0.29) is 11.9 Å². The fraction of sp³-hybridized carbons (Fsp3) is 0.417. The molecule has 1 aromatic carbocycles. The topological polar surface area (TPSA) is 26.3 Å². The van der Waals surface area contributed by atoms with E-state index >= 15 is 0 Å². The molecule has 2 rings (SSSR count). The summed E-state index contributed by atoms with van der Waals surface area (Å²) in [7, 11) is 0. The third-order valence-electron chi connectivity index (χ3n) is 2.80. The quantitative estimate of drug-likeness (QED) is 0.578. The summed E-state index contributed by atoms with van der Waals surface area (Å²) in [5, 5.41) is 0. The Hall–Kier alpha value is -0.830. The molecule has 0 aliphatic carbocycles. The zero-order valence-electron chi connectivity index (χ0n) is 8.79. The Bertz CT molecular complexity index is 399. The maximum absolute atomic E-state index is 11.7. The molecule has 3 heteroatoms. The summed E-state index contributed by atoms with van der Waals surface area (Å²) in [4.78, 5) is 11.7. The van der Waals surface area contributed by atoms with E-state index in [0.29, 0.717) is 11.7 Å². The van der Waals surface area contributed by atoms with Gasteiger partial charge >= 0.3 is 5.97 Å². The van der Waals surface area contributed by atoms with Crippen LogP contribution < -0.4 is 4.74 Å². The molecule has 1 heterocycles. The molecule has 1 unspecified atom stereocenters. The first-order chi connectivity index (χ1) is 7.09. The molecule has 0 aromatic heterocycles. The standard InChI is InChI=1S/C12H13BrO2/c1-7(2)9-6-8-4-3-5-10(13)11(8)15-12(9)14/h3-5,7,9H,6H2,1-2H3. The van der Waals surface area contributed by atoms with Crippen LogP contribution in [0.3, 0.4) is 0 Å². The lowest BCUT2D eigenvalue weighted by Crippen LogP contribution is -2.31. The van der Waals surface area contributed by atoms with E-state index in [1.54, 1.807) is 0 Å². The maximum atomic E-state index is 11.7. The molecule has 0 saturated heterocycles. The second-order valence-corrected chi connectivity index (χ2v) is 5.06. The minimum Gasteiger partial charge on any atom is -0.425 e. The Labute approximate surface area is 97.8 Å². The maximum Gasteiger partial charge on any atom is 0.314 e. The van der Waals surface area contributed by atoms with Crippen molar-refractivity contribution in [3.8, 4) is 5.75 Å². The number of para-hydroxylation sites is 1. The summed E-state index contributed by atoms with van der Waals surface area (Å²) in [5.41, 5.74) is 1.11. The Morgan fingerprint density at radius 3 is 2.87 bits per heavy atom. The van der Waals surface area contributed by atoms with Crippen molar-refractivity contribution in [2.75, 3.05) is 0 Å². The molecule has 1 atom stereocenters. The predicted octanol–water partition coefficient (Wildman–Crippen LogP) is 3.18. The second-order valence-electron chi connectivity index (χ2n) is 4.20. The van der Waals surface area contributed by atoms with E-state index in [0.717, 1.165) is 16.5 Å². The van der Waals surface area contributed by atoms with Crippen LogP contribution in [0.5, 0.6) is 5.75 Å². The van der Waals surface area contributed by atoms with Crippen molar-refractivity contribution in [2.45, 2.75) is 20.3 Å². The van der Waals surface area contributed by atoms with E-state index in [2.05, 4.69) is 29.8 Å². The number of fused-ring (bicyclic) bond motifs is 1. The molecule has 1 aliphatic heterocycles. The van der Waals surface area contributed by atoms with Crippen LogP contribution >= 0.6 is 15.9 Å². The second kappa shape index (κ2) is 3.97. The van der Waals surface area contributed by atoms with Crippen molar-refractivity contribution in [2.24, 2.45) is 11.8 Å². The number of benzene rings is 1. The fourth-order valence-electron chi connectivity index (χ4n) is 1.83. The highest BCUT2D eigenvalue weighted by atomic mass is 79.9. The van der Waals surface area contributed by atoms with Gasteiger partial charge in [0.1, 0.15) is 5.75 Å². The average Bonchev–Trinajstić information content (AvgIpc) is 2.18. The Kier molecular flexibility index (Phi) is 2.83. The summed E-state index contributed by atoms with van der Waals surface area (Å²) in [5.74, 6) is 0.903. The number of hydrogen-bond acceptors (Lipinski definition) is 2. The van der Waals surface area contributed by atoms with Crippen molar-refractivity contribution < 1.29 is 9.53 Å². The number of carbonyl (C=O) groups is 1. The number of hydrogen-bond donors (Lipinski definition) is 0. The molecular formula is C12H13BrO2. The van der Waals surface area contributed by atoms with Crippen molar-refractivity contribution in [1.82, 2.24) is 0 Å². The Morgan fingerprint density at radius 1 is 1.47 bits per heavy atom. The normalized spacial score (nSPS) is 20.0. The molecule has 0 fully saturated rings. The highest BCUT2D eigenvalue weighted by molar-refractivity contribution is 9.10. The van der Waals surface area contributed by atoms with Gasteiger partial charge in [-0.05, 0) is 39.9 Å². The van der Waals surface area contributed by atoms with Gasteiger partial charge in [0.15, 0.2) is 0 Å². The van der Waals surface area contributed by atoms with Crippen molar-refractivity contribution in [3.63, 3.8) is 0 Å². The molecule has 15 heavy (non-hydrogen) atoms. The first-order valence-corrected chi connectivity index (χ1v) is 5.88. The van der Waals surface area contributed by atoms with Crippen LogP contribution in [-0.4, -0.2) is 5.97 Å². The molecule has 0 amide bonds. The van der Waals surface area contributed by atoms with Gasteiger partial charge in [-0.2, -0.15) is 0 Å². The zero-order valence-corrected chi connectivity index (χ0v) is 10.4. The van der Waals surface area contributed by atoms with Gasteiger partial charge in [-0.15, -0.1) is 0 Å². The minimum absolute atomic E-state index is 0.00759. The number of ether oxygens (including phenoxy) is 1. The lowest BCUT2D eigenvalue weighted by molar-refractivity contribution is -0.141. The lowest BCUT2D eigenvalue weighted by atomic mass is 9.87. The molecule has 2 nitrogen and oxygen atoms in total. The molecule has 0 saturated carbocycles. The SMILES string of the molecule is CC(C)C1Cc2cccc(Br)c2OC1=O. The predicted molar refractivity (Wildman–Crippen MR) is 61.8 cm³/mol. The number of carbonyl (C=O) groups excluding carboxylic acids is 1. The molecule has 1 aromatic rings. The molecule has 0 spiro atoms.